The zero-order chi connectivity index (χ0) is 22.0. The number of nitro groups is 1. The van der Waals surface area contributed by atoms with Crippen LogP contribution in [0.1, 0.15) is 23.4 Å². The van der Waals surface area contributed by atoms with Gasteiger partial charge in [0.25, 0.3) is 11.2 Å². The number of carbonyl (C=O) groups is 1. The van der Waals surface area contributed by atoms with Crippen LogP contribution in [-0.2, 0) is 41.0 Å². The molecule has 0 N–H and O–H groups in total. The molecule has 10 nitrogen and oxygen atoms in total. The van der Waals surface area contributed by atoms with Crippen molar-refractivity contribution in [3.63, 3.8) is 0 Å². The van der Waals surface area contributed by atoms with Gasteiger partial charge in [-0.15, -0.1) is 0 Å². The van der Waals surface area contributed by atoms with Crippen molar-refractivity contribution < 1.29 is 23.9 Å². The molecule has 3 aromatic rings. The van der Waals surface area contributed by atoms with Crippen LogP contribution in [0.2, 0.25) is 0 Å². The largest absolute Gasteiger partial charge is 0.467 e. The van der Waals surface area contributed by atoms with Crippen LogP contribution in [-0.4, -0.2) is 27.2 Å². The lowest BCUT2D eigenvalue weighted by Gasteiger charge is -2.20. The predicted octanol–water partition coefficient (Wildman–Crippen LogP) is 2.38. The molecule has 0 bridgehead atoms. The Morgan fingerprint density at radius 2 is 2.13 bits per heavy atom. The van der Waals surface area contributed by atoms with E-state index in [1.165, 1.54) is 16.7 Å². The molecule has 0 radical (unpaired) electrons. The second-order valence-corrected chi connectivity index (χ2v) is 7.03. The average Bonchev–Trinajstić information content (AvgIpc) is 2.78. The molecule has 1 aliphatic heterocycles. The van der Waals surface area contributed by atoms with Gasteiger partial charge >= 0.3 is 5.97 Å². The molecule has 0 amide bonds. The molecule has 0 atom stereocenters. The maximum Gasteiger partial charge on any atom is 0.306 e. The van der Waals surface area contributed by atoms with Crippen molar-refractivity contribution in [2.75, 3.05) is 6.79 Å². The van der Waals surface area contributed by atoms with E-state index in [-0.39, 0.29) is 44.1 Å². The van der Waals surface area contributed by atoms with E-state index < -0.39 is 10.9 Å². The van der Waals surface area contributed by atoms with E-state index in [0.29, 0.717) is 33.6 Å². The molecular formula is C21H19N3O7. The number of non-ortho nitro benzene ring substituents is 1. The molecule has 10 heteroatoms. The normalized spacial score (nSPS) is 12.8. The molecule has 4 rings (SSSR count). The minimum Gasteiger partial charge on any atom is -0.467 e. The summed E-state index contributed by atoms with van der Waals surface area (Å²) in [5.74, 6) is 0.381. The van der Waals surface area contributed by atoms with E-state index >= 15 is 0 Å². The standard InChI is InChI=1S/C21H19N3O7/c1-23-18(22-17-5-3-2-4-16(17)21(23)26)6-7-19(25)30-11-14-9-15(24(27)28)8-13-10-29-12-31-20(13)14/h2-5,8-9H,6-7,10-12H2,1H3. The summed E-state index contributed by atoms with van der Waals surface area (Å²) < 4.78 is 17.3. The third kappa shape index (κ3) is 4.24. The Hall–Kier alpha value is -3.79. The number of carbonyl (C=O) groups excluding carboxylic acids is 1. The highest BCUT2D eigenvalue weighted by Gasteiger charge is 2.22. The number of esters is 1. The maximum absolute atomic E-state index is 12.5. The topological polar surface area (TPSA) is 123 Å². The van der Waals surface area contributed by atoms with Crippen LogP contribution in [0, 0.1) is 10.1 Å². The fourth-order valence-electron chi connectivity index (χ4n) is 3.43. The first-order valence-electron chi connectivity index (χ1n) is 9.55. The predicted molar refractivity (Wildman–Crippen MR) is 108 cm³/mol. The number of aryl methyl sites for hydroxylation is 1. The highest BCUT2D eigenvalue weighted by molar-refractivity contribution is 5.77. The fourth-order valence-corrected chi connectivity index (χ4v) is 3.43. The minimum absolute atomic E-state index is 0.000292. The Labute approximate surface area is 176 Å². The Balaban J connectivity index is 1.45. The molecule has 2 aromatic carbocycles. The molecule has 160 valence electrons. The van der Waals surface area contributed by atoms with Crippen LogP contribution in [0.4, 0.5) is 5.69 Å². The second kappa shape index (κ2) is 8.52. The molecule has 0 spiro atoms. The van der Waals surface area contributed by atoms with E-state index in [9.17, 15) is 19.7 Å². The number of nitrogens with zero attached hydrogens (tertiary/aromatic N) is 3. The van der Waals surface area contributed by atoms with Gasteiger partial charge in [0.2, 0.25) is 0 Å². The van der Waals surface area contributed by atoms with Crippen molar-refractivity contribution in [1.29, 1.82) is 0 Å². The second-order valence-electron chi connectivity index (χ2n) is 7.03. The molecule has 0 saturated carbocycles. The van der Waals surface area contributed by atoms with Gasteiger partial charge in [-0.3, -0.25) is 24.3 Å². The van der Waals surface area contributed by atoms with Gasteiger partial charge in [-0.05, 0) is 12.1 Å². The maximum atomic E-state index is 12.5. The Bertz CT molecular complexity index is 1240. The monoisotopic (exact) mass is 425 g/mol. The van der Waals surface area contributed by atoms with E-state index in [2.05, 4.69) is 4.98 Å². The number of fused-ring (bicyclic) bond motifs is 2. The van der Waals surface area contributed by atoms with Gasteiger partial charge in [-0.2, -0.15) is 0 Å². The molecule has 1 aliphatic rings. The molecule has 31 heavy (non-hydrogen) atoms. The zero-order valence-corrected chi connectivity index (χ0v) is 16.7. The molecule has 0 aliphatic carbocycles. The molecule has 1 aromatic heterocycles. The van der Waals surface area contributed by atoms with E-state index in [4.69, 9.17) is 14.2 Å². The Morgan fingerprint density at radius 3 is 2.94 bits per heavy atom. The summed E-state index contributed by atoms with van der Waals surface area (Å²) in [5, 5.41) is 11.7. The van der Waals surface area contributed by atoms with Crippen molar-refractivity contribution in [1.82, 2.24) is 9.55 Å². The quantitative estimate of drug-likeness (QED) is 0.335. The summed E-state index contributed by atoms with van der Waals surface area (Å²) >= 11 is 0. The van der Waals surface area contributed by atoms with E-state index in [1.807, 2.05) is 0 Å². The highest BCUT2D eigenvalue weighted by atomic mass is 16.7. The van der Waals surface area contributed by atoms with Crippen LogP contribution < -0.4 is 10.3 Å². The molecule has 0 unspecified atom stereocenters. The van der Waals surface area contributed by atoms with E-state index in [0.717, 1.165) is 0 Å². The van der Waals surface area contributed by atoms with Crippen LogP contribution in [0.25, 0.3) is 10.9 Å². The number of hydrogen-bond acceptors (Lipinski definition) is 8. The number of para-hydroxylation sites is 1. The van der Waals surface area contributed by atoms with E-state index in [1.54, 1.807) is 31.3 Å². The van der Waals surface area contributed by atoms with Gasteiger partial charge in [-0.25, -0.2) is 4.98 Å². The van der Waals surface area contributed by atoms with Crippen molar-refractivity contribution in [3.05, 3.63) is 73.8 Å². The van der Waals surface area contributed by atoms with Crippen LogP contribution in [0.3, 0.4) is 0 Å². The third-order valence-electron chi connectivity index (χ3n) is 5.00. The number of aromatic nitrogens is 2. The van der Waals surface area contributed by atoms with Gasteiger partial charge in [0.1, 0.15) is 18.2 Å². The molecule has 0 fully saturated rings. The minimum atomic E-state index is -0.522. The zero-order valence-electron chi connectivity index (χ0n) is 16.7. The third-order valence-corrected chi connectivity index (χ3v) is 5.00. The number of benzene rings is 2. The first-order valence-corrected chi connectivity index (χ1v) is 9.55. The summed E-state index contributed by atoms with van der Waals surface area (Å²) in [6, 6.07) is 9.71. The molecule has 2 heterocycles. The van der Waals surface area contributed by atoms with Crippen LogP contribution in [0.15, 0.2) is 41.2 Å². The number of ether oxygens (including phenoxy) is 3. The number of nitro benzene ring substituents is 1. The summed E-state index contributed by atoms with van der Waals surface area (Å²) in [5.41, 5.74) is 1.18. The fraction of sp³-hybridized carbons (Fsp3) is 0.286. The van der Waals surface area contributed by atoms with Gasteiger partial charge in [0.15, 0.2) is 6.79 Å². The Morgan fingerprint density at radius 1 is 1.32 bits per heavy atom. The average molecular weight is 425 g/mol. The van der Waals surface area contributed by atoms with Crippen molar-refractivity contribution in [3.8, 4) is 5.75 Å². The molecule has 0 saturated heterocycles. The van der Waals surface area contributed by atoms with Gasteiger partial charge < -0.3 is 14.2 Å². The number of rotatable bonds is 6. The van der Waals surface area contributed by atoms with Crippen LogP contribution >= 0.6 is 0 Å². The van der Waals surface area contributed by atoms with Crippen molar-refractivity contribution in [2.24, 2.45) is 7.05 Å². The first kappa shape index (κ1) is 20.5. The molecular weight excluding hydrogens is 406 g/mol. The first-order chi connectivity index (χ1) is 14.9. The van der Waals surface area contributed by atoms with Gasteiger partial charge in [0, 0.05) is 36.7 Å². The van der Waals surface area contributed by atoms with Crippen molar-refractivity contribution in [2.45, 2.75) is 26.1 Å². The summed E-state index contributed by atoms with van der Waals surface area (Å²) in [6.07, 6.45) is 0.215. The summed E-state index contributed by atoms with van der Waals surface area (Å²) in [6.45, 7) is 0.0277. The lowest BCUT2D eigenvalue weighted by molar-refractivity contribution is -0.385. The Kier molecular flexibility index (Phi) is 5.63. The smallest absolute Gasteiger partial charge is 0.306 e. The summed E-state index contributed by atoms with van der Waals surface area (Å²) in [4.78, 5) is 39.9. The SMILES string of the molecule is Cn1c(CCC(=O)OCc2cc([N+](=O)[O-])cc3c2OCOC3)nc2ccccc2c1=O. The van der Waals surface area contributed by atoms with Crippen LogP contribution in [0.5, 0.6) is 5.75 Å². The van der Waals surface area contributed by atoms with Gasteiger partial charge in [-0.1, -0.05) is 12.1 Å². The summed E-state index contributed by atoms with van der Waals surface area (Å²) in [7, 11) is 1.61. The van der Waals surface area contributed by atoms with Gasteiger partial charge in [0.05, 0.1) is 28.9 Å². The lowest BCUT2D eigenvalue weighted by Crippen LogP contribution is -2.23. The number of hydrogen-bond donors (Lipinski definition) is 0. The lowest BCUT2D eigenvalue weighted by atomic mass is 10.1. The highest BCUT2D eigenvalue weighted by Crippen LogP contribution is 2.33. The van der Waals surface area contributed by atoms with Crippen molar-refractivity contribution >= 4 is 22.6 Å².